The molecular weight excluding hydrogens is 256 g/mol. The first-order chi connectivity index (χ1) is 9.55. The van der Waals surface area contributed by atoms with Gasteiger partial charge in [0.05, 0.1) is 6.04 Å². The van der Waals surface area contributed by atoms with Crippen molar-refractivity contribution in [2.75, 3.05) is 5.32 Å². The summed E-state index contributed by atoms with van der Waals surface area (Å²) in [6.45, 7) is 1.88. The fourth-order valence-electron chi connectivity index (χ4n) is 1.47. The monoisotopic (exact) mass is 272 g/mol. The summed E-state index contributed by atoms with van der Waals surface area (Å²) in [5, 5.41) is 13.8. The van der Waals surface area contributed by atoms with Gasteiger partial charge >= 0.3 is 12.0 Å². The maximum Gasteiger partial charge on any atom is 0.328 e. The molecule has 0 aliphatic heterocycles. The van der Waals surface area contributed by atoms with Crippen molar-refractivity contribution in [3.8, 4) is 12.3 Å². The van der Waals surface area contributed by atoms with Crippen LogP contribution in [0.3, 0.4) is 0 Å². The first-order valence-electron chi connectivity index (χ1n) is 6.10. The lowest BCUT2D eigenvalue weighted by Crippen LogP contribution is -2.36. The molecule has 1 atom stereocenters. The highest BCUT2D eigenvalue weighted by molar-refractivity contribution is 5.90. The van der Waals surface area contributed by atoms with Gasteiger partial charge in [-0.15, -0.1) is 6.42 Å². The normalized spacial score (nSPS) is 11.6. The van der Waals surface area contributed by atoms with Gasteiger partial charge in [-0.25, -0.2) is 9.59 Å². The Morgan fingerprint density at radius 1 is 1.50 bits per heavy atom. The minimum atomic E-state index is -1.03. The topological polar surface area (TPSA) is 78.4 Å². The molecule has 5 nitrogen and oxygen atoms in total. The molecule has 0 saturated heterocycles. The highest BCUT2D eigenvalue weighted by Crippen LogP contribution is 2.12. The number of carbonyl (C=O) groups is 2. The molecule has 0 heterocycles. The molecule has 2 amide bonds. The summed E-state index contributed by atoms with van der Waals surface area (Å²) in [6.07, 6.45) is 8.38. The SMILES string of the molecule is C#CC(CC)NC(=O)Nc1cccc(/C=C/C(=O)O)c1. The van der Waals surface area contributed by atoms with Gasteiger partial charge in [0.25, 0.3) is 0 Å². The van der Waals surface area contributed by atoms with Crippen LogP contribution in [-0.2, 0) is 4.79 Å². The summed E-state index contributed by atoms with van der Waals surface area (Å²) in [4.78, 5) is 22.1. The van der Waals surface area contributed by atoms with Crippen molar-refractivity contribution in [3.63, 3.8) is 0 Å². The average Bonchev–Trinajstić information content (AvgIpc) is 2.43. The highest BCUT2D eigenvalue weighted by Gasteiger charge is 2.07. The van der Waals surface area contributed by atoms with E-state index >= 15 is 0 Å². The smallest absolute Gasteiger partial charge is 0.328 e. The van der Waals surface area contributed by atoms with E-state index in [4.69, 9.17) is 11.5 Å². The van der Waals surface area contributed by atoms with Gasteiger partial charge in [-0.1, -0.05) is 25.0 Å². The Kier molecular flexibility index (Phi) is 5.85. The number of carboxylic acids is 1. The van der Waals surface area contributed by atoms with Gasteiger partial charge in [0.15, 0.2) is 0 Å². The van der Waals surface area contributed by atoms with Gasteiger partial charge in [0.1, 0.15) is 0 Å². The molecule has 1 aromatic carbocycles. The first kappa shape index (κ1) is 15.3. The molecule has 3 N–H and O–H groups in total. The number of carboxylic acid groups (broad SMARTS) is 1. The van der Waals surface area contributed by atoms with Gasteiger partial charge in [-0.2, -0.15) is 0 Å². The molecule has 0 aliphatic carbocycles. The van der Waals surface area contributed by atoms with E-state index in [1.165, 1.54) is 6.08 Å². The number of urea groups is 1. The Morgan fingerprint density at radius 2 is 2.25 bits per heavy atom. The van der Waals surface area contributed by atoms with Crippen LogP contribution in [0.4, 0.5) is 10.5 Å². The first-order valence-corrected chi connectivity index (χ1v) is 6.10. The summed E-state index contributed by atoms with van der Waals surface area (Å²) in [6, 6.07) is 6.11. The van der Waals surface area contributed by atoms with Crippen molar-refractivity contribution in [2.45, 2.75) is 19.4 Å². The summed E-state index contributed by atoms with van der Waals surface area (Å²) in [7, 11) is 0. The van der Waals surface area contributed by atoms with Crippen LogP contribution in [0.25, 0.3) is 6.08 Å². The summed E-state index contributed by atoms with van der Waals surface area (Å²) >= 11 is 0. The molecule has 1 unspecified atom stereocenters. The Labute approximate surface area is 117 Å². The molecule has 0 saturated carbocycles. The number of aliphatic carboxylic acids is 1. The molecule has 0 bridgehead atoms. The number of anilines is 1. The second-order valence-electron chi connectivity index (χ2n) is 4.02. The zero-order valence-corrected chi connectivity index (χ0v) is 11.1. The third-order valence-corrected chi connectivity index (χ3v) is 2.48. The lowest BCUT2D eigenvalue weighted by molar-refractivity contribution is -0.131. The second kappa shape index (κ2) is 7.64. The van der Waals surface area contributed by atoms with Crippen molar-refractivity contribution in [1.29, 1.82) is 0 Å². The molecule has 0 radical (unpaired) electrons. The van der Waals surface area contributed by atoms with Crippen LogP contribution in [-0.4, -0.2) is 23.1 Å². The average molecular weight is 272 g/mol. The zero-order chi connectivity index (χ0) is 15.0. The number of rotatable bonds is 5. The second-order valence-corrected chi connectivity index (χ2v) is 4.02. The van der Waals surface area contributed by atoms with Crippen LogP contribution >= 0.6 is 0 Å². The third kappa shape index (κ3) is 5.27. The standard InChI is InChI=1S/C15H16N2O3/c1-3-12(4-2)16-15(20)17-13-7-5-6-11(10-13)8-9-14(18)19/h1,5-10,12H,4H2,2H3,(H,18,19)(H2,16,17,20)/b9-8+. The van der Waals surface area contributed by atoms with Crippen LogP contribution < -0.4 is 10.6 Å². The maximum atomic E-state index is 11.7. The van der Waals surface area contributed by atoms with Crippen LogP contribution in [0, 0.1) is 12.3 Å². The predicted octanol–water partition coefficient (Wildman–Crippen LogP) is 2.32. The molecule has 0 aliphatic rings. The van der Waals surface area contributed by atoms with Gasteiger partial charge < -0.3 is 15.7 Å². The van der Waals surface area contributed by atoms with E-state index in [0.717, 1.165) is 6.08 Å². The van der Waals surface area contributed by atoms with Crippen molar-refractivity contribution < 1.29 is 14.7 Å². The Balaban J connectivity index is 2.69. The Morgan fingerprint density at radius 3 is 2.85 bits per heavy atom. The highest BCUT2D eigenvalue weighted by atomic mass is 16.4. The van der Waals surface area contributed by atoms with E-state index in [2.05, 4.69) is 16.6 Å². The number of hydrogen-bond donors (Lipinski definition) is 3. The van der Waals surface area contributed by atoms with Crippen LogP contribution in [0.2, 0.25) is 0 Å². The molecule has 0 spiro atoms. The van der Waals surface area contributed by atoms with Gasteiger partial charge in [0.2, 0.25) is 0 Å². The summed E-state index contributed by atoms with van der Waals surface area (Å²) in [5.41, 5.74) is 1.23. The maximum absolute atomic E-state index is 11.7. The Bertz CT molecular complexity index is 558. The van der Waals surface area contributed by atoms with Crippen LogP contribution in [0.5, 0.6) is 0 Å². The van der Waals surface area contributed by atoms with Crippen molar-refractivity contribution in [1.82, 2.24) is 5.32 Å². The van der Waals surface area contributed by atoms with Crippen molar-refractivity contribution in [2.24, 2.45) is 0 Å². The quantitative estimate of drug-likeness (QED) is 0.568. The molecule has 1 aromatic rings. The Hall–Kier alpha value is -2.74. The largest absolute Gasteiger partial charge is 0.478 e. The third-order valence-electron chi connectivity index (χ3n) is 2.48. The van der Waals surface area contributed by atoms with Crippen LogP contribution in [0.15, 0.2) is 30.3 Å². The number of carbonyl (C=O) groups excluding carboxylic acids is 1. The minimum absolute atomic E-state index is 0.315. The fourth-order valence-corrected chi connectivity index (χ4v) is 1.47. The lowest BCUT2D eigenvalue weighted by Gasteiger charge is -2.12. The van der Waals surface area contributed by atoms with E-state index in [0.29, 0.717) is 17.7 Å². The van der Waals surface area contributed by atoms with E-state index in [9.17, 15) is 9.59 Å². The van der Waals surface area contributed by atoms with Gasteiger partial charge in [-0.3, -0.25) is 0 Å². The number of hydrogen-bond acceptors (Lipinski definition) is 2. The number of amides is 2. The molecule has 20 heavy (non-hydrogen) atoms. The molecule has 5 heteroatoms. The molecular formula is C15H16N2O3. The molecule has 0 aromatic heterocycles. The zero-order valence-electron chi connectivity index (χ0n) is 11.1. The van der Waals surface area contributed by atoms with Gasteiger partial charge in [-0.05, 0) is 30.2 Å². The number of nitrogens with one attached hydrogen (secondary N) is 2. The fraction of sp³-hybridized carbons (Fsp3) is 0.200. The van der Waals surface area contributed by atoms with Crippen LogP contribution in [0.1, 0.15) is 18.9 Å². The lowest BCUT2D eigenvalue weighted by atomic mass is 10.2. The van der Waals surface area contributed by atoms with E-state index in [1.807, 2.05) is 6.92 Å². The molecule has 0 fully saturated rings. The summed E-state index contributed by atoms with van der Waals surface area (Å²) in [5.74, 6) is 1.44. The van der Waals surface area contributed by atoms with Gasteiger partial charge in [0, 0.05) is 11.8 Å². The number of terminal acetylenes is 1. The van der Waals surface area contributed by atoms with E-state index in [-0.39, 0.29) is 6.04 Å². The minimum Gasteiger partial charge on any atom is -0.478 e. The van der Waals surface area contributed by atoms with Crippen molar-refractivity contribution in [3.05, 3.63) is 35.9 Å². The van der Waals surface area contributed by atoms with Crippen molar-refractivity contribution >= 4 is 23.8 Å². The van der Waals surface area contributed by atoms with E-state index in [1.54, 1.807) is 24.3 Å². The molecule has 1 rings (SSSR count). The summed E-state index contributed by atoms with van der Waals surface area (Å²) < 4.78 is 0. The number of benzene rings is 1. The predicted molar refractivity (Wildman–Crippen MR) is 78.2 cm³/mol. The molecule has 104 valence electrons. The van der Waals surface area contributed by atoms with E-state index < -0.39 is 12.0 Å².